The first-order valence-corrected chi connectivity index (χ1v) is 7.00. The quantitative estimate of drug-likeness (QED) is 0.813. The van der Waals surface area contributed by atoms with Crippen LogP contribution >= 0.6 is 12.4 Å². The Morgan fingerprint density at radius 3 is 2.68 bits per heavy atom. The van der Waals surface area contributed by atoms with Gasteiger partial charge in [-0.1, -0.05) is 30.3 Å². The molecule has 22 heavy (non-hydrogen) atoms. The van der Waals surface area contributed by atoms with Gasteiger partial charge in [-0.2, -0.15) is 0 Å². The number of hydrogen-bond donors (Lipinski definition) is 2. The number of nitrogens with zero attached hydrogens (tertiary/aromatic N) is 1. The van der Waals surface area contributed by atoms with Crippen LogP contribution in [0, 0.1) is 0 Å². The van der Waals surface area contributed by atoms with Crippen LogP contribution in [0.1, 0.15) is 18.4 Å². The summed E-state index contributed by atoms with van der Waals surface area (Å²) in [5, 5.41) is 9.07. The van der Waals surface area contributed by atoms with Gasteiger partial charge in [0.1, 0.15) is 12.1 Å². The topological polar surface area (TPSA) is 92.9 Å². The van der Waals surface area contributed by atoms with E-state index in [1.165, 1.54) is 4.90 Å². The number of rotatable bonds is 6. The lowest BCUT2D eigenvalue weighted by atomic mass is 10.2. The number of ether oxygens (including phenoxy) is 1. The maximum atomic E-state index is 12.2. The fourth-order valence-corrected chi connectivity index (χ4v) is 2.45. The second kappa shape index (κ2) is 8.73. The van der Waals surface area contributed by atoms with Gasteiger partial charge in [-0.05, 0) is 18.4 Å². The van der Waals surface area contributed by atoms with Gasteiger partial charge in [0, 0.05) is 6.54 Å². The number of nitrogens with two attached hydrogens (primary N) is 1. The first kappa shape index (κ1) is 18.4. The lowest BCUT2D eigenvalue weighted by molar-refractivity contribution is -0.149. The maximum absolute atomic E-state index is 12.2. The van der Waals surface area contributed by atoms with Gasteiger partial charge in [-0.25, -0.2) is 4.79 Å². The molecule has 1 heterocycles. The summed E-state index contributed by atoms with van der Waals surface area (Å²) in [5.74, 6) is -1.33. The molecule has 2 atom stereocenters. The molecular formula is C15H21ClN2O4. The highest BCUT2D eigenvalue weighted by Gasteiger charge is 2.35. The van der Waals surface area contributed by atoms with Gasteiger partial charge < -0.3 is 20.5 Å². The maximum Gasteiger partial charge on any atom is 0.326 e. The van der Waals surface area contributed by atoms with Crippen molar-refractivity contribution in [2.24, 2.45) is 5.73 Å². The SMILES string of the molecule is Cl.N[C@@H](COCc1ccccc1)C(=O)N1CCC[C@H]1C(=O)O. The number of benzene rings is 1. The zero-order valence-corrected chi connectivity index (χ0v) is 13.0. The van der Waals surface area contributed by atoms with Crippen LogP contribution in [0.4, 0.5) is 0 Å². The number of carbonyl (C=O) groups excluding carboxylic acids is 1. The molecular weight excluding hydrogens is 308 g/mol. The van der Waals surface area contributed by atoms with E-state index < -0.39 is 18.1 Å². The van der Waals surface area contributed by atoms with Crippen LogP contribution in [0.2, 0.25) is 0 Å². The molecule has 2 rings (SSSR count). The normalized spacial score (nSPS) is 18.6. The van der Waals surface area contributed by atoms with Crippen LogP contribution in [0.5, 0.6) is 0 Å². The summed E-state index contributed by atoms with van der Waals surface area (Å²) in [6.45, 7) is 0.906. The van der Waals surface area contributed by atoms with Gasteiger partial charge in [0.05, 0.1) is 13.2 Å². The van der Waals surface area contributed by atoms with E-state index in [9.17, 15) is 9.59 Å². The number of carboxylic acid groups (broad SMARTS) is 1. The molecule has 1 aliphatic rings. The summed E-state index contributed by atoms with van der Waals surface area (Å²) in [7, 11) is 0. The molecule has 6 nitrogen and oxygen atoms in total. The molecule has 1 aromatic rings. The third-order valence-corrected chi connectivity index (χ3v) is 3.55. The largest absolute Gasteiger partial charge is 0.480 e. The van der Waals surface area contributed by atoms with Crippen molar-refractivity contribution in [3.8, 4) is 0 Å². The van der Waals surface area contributed by atoms with E-state index in [0.29, 0.717) is 26.0 Å². The average molecular weight is 329 g/mol. The standard InChI is InChI=1S/C15H20N2O4.ClH/c16-12(10-21-9-11-5-2-1-3-6-11)14(18)17-8-4-7-13(17)15(19)20;/h1-3,5-6,12-13H,4,7-10,16H2,(H,19,20);1H/t12-,13-;/m0./s1. The first-order valence-electron chi connectivity index (χ1n) is 7.00. The van der Waals surface area contributed by atoms with Crippen molar-refractivity contribution in [1.29, 1.82) is 0 Å². The highest BCUT2D eigenvalue weighted by molar-refractivity contribution is 5.87. The lowest BCUT2D eigenvalue weighted by Crippen LogP contribution is -2.50. The molecule has 1 aromatic carbocycles. The Bertz CT molecular complexity index is 498. The predicted molar refractivity (Wildman–Crippen MR) is 83.7 cm³/mol. The minimum absolute atomic E-state index is 0. The highest BCUT2D eigenvalue weighted by atomic mass is 35.5. The zero-order valence-electron chi connectivity index (χ0n) is 12.2. The van der Waals surface area contributed by atoms with Crippen molar-refractivity contribution in [2.45, 2.75) is 31.5 Å². The summed E-state index contributed by atoms with van der Waals surface area (Å²) in [4.78, 5) is 24.6. The Morgan fingerprint density at radius 1 is 1.36 bits per heavy atom. The van der Waals surface area contributed by atoms with Crippen molar-refractivity contribution >= 4 is 24.3 Å². The molecule has 0 radical (unpaired) electrons. The molecule has 122 valence electrons. The van der Waals surface area contributed by atoms with Crippen LogP contribution in [0.25, 0.3) is 0 Å². The van der Waals surface area contributed by atoms with Gasteiger partial charge in [0.15, 0.2) is 0 Å². The van der Waals surface area contributed by atoms with E-state index in [0.717, 1.165) is 5.56 Å². The number of hydrogen-bond acceptors (Lipinski definition) is 4. The molecule has 0 saturated carbocycles. The Labute approximate surface area is 135 Å². The number of likely N-dealkylation sites (tertiary alicyclic amines) is 1. The molecule has 7 heteroatoms. The van der Waals surface area contributed by atoms with Gasteiger partial charge >= 0.3 is 5.97 Å². The minimum atomic E-state index is -0.974. The van der Waals surface area contributed by atoms with Crippen LogP contribution in [-0.4, -0.2) is 47.1 Å². The molecule has 1 amide bonds. The van der Waals surface area contributed by atoms with Crippen molar-refractivity contribution in [3.05, 3.63) is 35.9 Å². The monoisotopic (exact) mass is 328 g/mol. The number of amides is 1. The molecule has 1 saturated heterocycles. The average Bonchev–Trinajstić information content (AvgIpc) is 2.97. The summed E-state index contributed by atoms with van der Waals surface area (Å²) in [6.07, 6.45) is 1.18. The van der Waals surface area contributed by atoms with E-state index in [1.54, 1.807) is 0 Å². The summed E-state index contributed by atoms with van der Waals surface area (Å²) < 4.78 is 5.44. The van der Waals surface area contributed by atoms with Gasteiger partial charge in [0.2, 0.25) is 5.91 Å². The summed E-state index contributed by atoms with van der Waals surface area (Å²) in [6, 6.07) is 8.00. The number of halogens is 1. The molecule has 1 aliphatic heterocycles. The van der Waals surface area contributed by atoms with E-state index in [1.807, 2.05) is 30.3 Å². The second-order valence-electron chi connectivity index (χ2n) is 5.14. The molecule has 0 spiro atoms. The first-order chi connectivity index (χ1) is 10.1. The summed E-state index contributed by atoms with van der Waals surface area (Å²) in [5.41, 5.74) is 6.82. The smallest absolute Gasteiger partial charge is 0.326 e. The second-order valence-corrected chi connectivity index (χ2v) is 5.14. The van der Waals surface area contributed by atoms with Crippen LogP contribution < -0.4 is 5.73 Å². The summed E-state index contributed by atoms with van der Waals surface area (Å²) >= 11 is 0. The van der Waals surface area contributed by atoms with Crippen LogP contribution in [0.15, 0.2) is 30.3 Å². The van der Waals surface area contributed by atoms with Crippen LogP contribution in [0.3, 0.4) is 0 Å². The molecule has 0 aromatic heterocycles. The third-order valence-electron chi connectivity index (χ3n) is 3.55. The highest BCUT2D eigenvalue weighted by Crippen LogP contribution is 2.18. The van der Waals surface area contributed by atoms with Crippen molar-refractivity contribution < 1.29 is 19.4 Å². The number of aliphatic carboxylic acids is 1. The fraction of sp³-hybridized carbons (Fsp3) is 0.467. The fourth-order valence-electron chi connectivity index (χ4n) is 2.45. The Balaban J connectivity index is 0.00000242. The van der Waals surface area contributed by atoms with Crippen molar-refractivity contribution in [1.82, 2.24) is 4.90 Å². The Morgan fingerprint density at radius 2 is 2.05 bits per heavy atom. The van der Waals surface area contributed by atoms with Crippen molar-refractivity contribution in [2.75, 3.05) is 13.2 Å². The van der Waals surface area contributed by atoms with E-state index in [4.69, 9.17) is 15.6 Å². The molecule has 0 bridgehead atoms. The predicted octanol–water partition coefficient (Wildman–Crippen LogP) is 1.03. The zero-order chi connectivity index (χ0) is 15.2. The molecule has 1 fully saturated rings. The molecule has 3 N–H and O–H groups in total. The van der Waals surface area contributed by atoms with E-state index in [2.05, 4.69) is 0 Å². The van der Waals surface area contributed by atoms with E-state index in [-0.39, 0.29) is 24.9 Å². The van der Waals surface area contributed by atoms with Gasteiger partial charge in [-0.3, -0.25) is 4.79 Å². The van der Waals surface area contributed by atoms with Crippen molar-refractivity contribution in [3.63, 3.8) is 0 Å². The Kier molecular flexibility index (Phi) is 7.31. The van der Waals surface area contributed by atoms with Gasteiger partial charge in [0.25, 0.3) is 0 Å². The molecule has 0 aliphatic carbocycles. The Hall–Kier alpha value is -1.63. The van der Waals surface area contributed by atoms with Gasteiger partial charge in [-0.15, -0.1) is 12.4 Å². The number of carboxylic acids is 1. The lowest BCUT2D eigenvalue weighted by Gasteiger charge is -2.24. The van der Waals surface area contributed by atoms with E-state index >= 15 is 0 Å². The minimum Gasteiger partial charge on any atom is -0.480 e. The van der Waals surface area contributed by atoms with Crippen LogP contribution in [-0.2, 0) is 20.9 Å². The third kappa shape index (κ3) is 4.69. The molecule has 0 unspecified atom stereocenters. The number of carbonyl (C=O) groups is 2.